The number of ether oxygens (including phenoxy) is 1. The Labute approximate surface area is 187 Å². The van der Waals surface area contributed by atoms with Gasteiger partial charge >= 0.3 is 11.9 Å². The zero-order valence-corrected chi connectivity index (χ0v) is 17.6. The van der Waals surface area contributed by atoms with Crippen molar-refractivity contribution in [2.75, 3.05) is 0 Å². The molecule has 0 saturated heterocycles. The Morgan fingerprint density at radius 1 is 0.875 bits per heavy atom. The third-order valence-corrected chi connectivity index (χ3v) is 5.90. The second kappa shape index (κ2) is 9.77. The molecule has 1 aliphatic heterocycles. The lowest BCUT2D eigenvalue weighted by Crippen LogP contribution is -2.51. The molecule has 3 atom stereocenters. The Morgan fingerprint density at radius 3 is 1.97 bits per heavy atom. The van der Waals surface area contributed by atoms with Crippen LogP contribution in [0.2, 0.25) is 0 Å². The maximum Gasteiger partial charge on any atom is 0.346 e. The molecule has 0 aliphatic carbocycles. The minimum Gasteiger partial charge on any atom is -0.478 e. The Balaban J connectivity index is 1.57. The van der Waals surface area contributed by atoms with E-state index in [2.05, 4.69) is 5.32 Å². The molecule has 3 aromatic carbocycles. The number of esters is 1. The van der Waals surface area contributed by atoms with Gasteiger partial charge in [0.15, 0.2) is 0 Å². The van der Waals surface area contributed by atoms with Gasteiger partial charge in [0.1, 0.15) is 6.04 Å². The lowest BCUT2D eigenvalue weighted by Gasteiger charge is -2.31. The normalized spacial score (nSPS) is 17.2. The van der Waals surface area contributed by atoms with E-state index in [1.54, 1.807) is 0 Å². The molecule has 1 heterocycles. The monoisotopic (exact) mass is 430 g/mol. The minimum atomic E-state index is -1.49. The molecule has 0 fully saturated rings. The number of fused-ring (bicyclic) bond motifs is 1. The molecule has 4 N–H and O–H groups in total. The molecule has 6 nitrogen and oxygen atoms in total. The summed E-state index contributed by atoms with van der Waals surface area (Å²) in [6.45, 7) is 0.524. The van der Waals surface area contributed by atoms with Crippen LogP contribution in [0.25, 0.3) is 0 Å². The van der Waals surface area contributed by atoms with Gasteiger partial charge in [-0.05, 0) is 28.7 Å². The number of carboxylic acid groups (broad SMARTS) is 1. The average Bonchev–Trinajstić information content (AvgIpc) is 2.83. The molecule has 0 aromatic heterocycles. The summed E-state index contributed by atoms with van der Waals surface area (Å²) in [7, 11) is 0. The fourth-order valence-electron chi connectivity index (χ4n) is 4.25. The topological polar surface area (TPSA) is 102 Å². The van der Waals surface area contributed by atoms with Crippen molar-refractivity contribution in [3.8, 4) is 0 Å². The smallest absolute Gasteiger partial charge is 0.346 e. The summed E-state index contributed by atoms with van der Waals surface area (Å²) in [5.74, 6) is -2.33. The average molecular weight is 431 g/mol. The number of hydrogen-bond donors (Lipinski definition) is 3. The van der Waals surface area contributed by atoms with Gasteiger partial charge in [-0.3, -0.25) is 4.79 Å². The molecule has 0 saturated carbocycles. The summed E-state index contributed by atoms with van der Waals surface area (Å²) in [6.07, 6.45) is -1.05. The number of hydrogen-bond acceptors (Lipinski definition) is 5. The van der Waals surface area contributed by atoms with Gasteiger partial charge in [-0.2, -0.15) is 0 Å². The molecule has 0 spiro atoms. The van der Waals surface area contributed by atoms with Gasteiger partial charge in [-0.15, -0.1) is 0 Å². The molecule has 0 bridgehead atoms. The molecule has 3 unspecified atom stereocenters. The largest absolute Gasteiger partial charge is 0.478 e. The van der Waals surface area contributed by atoms with Crippen LogP contribution in [-0.4, -0.2) is 35.2 Å². The van der Waals surface area contributed by atoms with Gasteiger partial charge in [0.05, 0.1) is 6.04 Å². The molecule has 164 valence electrons. The third-order valence-electron chi connectivity index (χ3n) is 5.90. The van der Waals surface area contributed by atoms with Gasteiger partial charge in [-0.25, -0.2) is 4.79 Å². The summed E-state index contributed by atoms with van der Waals surface area (Å²) in [5.41, 5.74) is 10.4. The van der Waals surface area contributed by atoms with E-state index in [-0.39, 0.29) is 0 Å². The fraction of sp³-hybridized carbons (Fsp3) is 0.231. The number of carboxylic acids is 1. The zero-order valence-electron chi connectivity index (χ0n) is 17.6. The summed E-state index contributed by atoms with van der Waals surface area (Å²) in [4.78, 5) is 25.1. The molecule has 4 rings (SSSR count). The van der Waals surface area contributed by atoms with E-state index in [1.807, 2.05) is 84.9 Å². The van der Waals surface area contributed by atoms with Crippen molar-refractivity contribution in [2.24, 2.45) is 5.73 Å². The Bertz CT molecular complexity index is 1030. The SMILES string of the molecule is NC(C(OC(=O)C1Cc2ccccc2CN1)C(=O)O)C(c1ccccc1)c1ccccc1. The number of nitrogens with one attached hydrogen (secondary N) is 1. The van der Waals surface area contributed by atoms with E-state index >= 15 is 0 Å². The van der Waals surface area contributed by atoms with Crippen LogP contribution < -0.4 is 11.1 Å². The van der Waals surface area contributed by atoms with Gasteiger partial charge in [0, 0.05) is 12.5 Å². The van der Waals surface area contributed by atoms with Gasteiger partial charge in [0.25, 0.3) is 0 Å². The van der Waals surface area contributed by atoms with Crippen molar-refractivity contribution in [1.29, 1.82) is 0 Å². The quantitative estimate of drug-likeness (QED) is 0.498. The van der Waals surface area contributed by atoms with Crippen LogP contribution in [0, 0.1) is 0 Å². The zero-order chi connectivity index (χ0) is 22.5. The first-order chi connectivity index (χ1) is 15.5. The summed E-state index contributed by atoms with van der Waals surface area (Å²) < 4.78 is 5.53. The van der Waals surface area contributed by atoms with Crippen LogP contribution in [0.3, 0.4) is 0 Å². The van der Waals surface area contributed by atoms with Crippen LogP contribution in [0.15, 0.2) is 84.9 Å². The van der Waals surface area contributed by atoms with E-state index in [0.717, 1.165) is 22.3 Å². The highest BCUT2D eigenvalue weighted by Crippen LogP contribution is 2.30. The first-order valence-electron chi connectivity index (χ1n) is 10.6. The van der Waals surface area contributed by atoms with Crippen LogP contribution in [-0.2, 0) is 27.3 Å². The van der Waals surface area contributed by atoms with E-state index in [4.69, 9.17) is 10.5 Å². The Kier molecular flexibility index (Phi) is 6.63. The van der Waals surface area contributed by atoms with Crippen molar-refractivity contribution >= 4 is 11.9 Å². The number of carbonyl (C=O) groups is 2. The second-order valence-corrected chi connectivity index (χ2v) is 7.98. The molecular formula is C26H26N2O4. The second-order valence-electron chi connectivity index (χ2n) is 7.98. The van der Waals surface area contributed by atoms with Crippen molar-refractivity contribution in [3.05, 3.63) is 107 Å². The van der Waals surface area contributed by atoms with Crippen LogP contribution in [0.4, 0.5) is 0 Å². The highest BCUT2D eigenvalue weighted by atomic mass is 16.6. The highest BCUT2D eigenvalue weighted by molar-refractivity contribution is 5.82. The maximum absolute atomic E-state index is 12.9. The number of rotatable bonds is 7. The third kappa shape index (κ3) is 4.72. The van der Waals surface area contributed by atoms with Crippen molar-refractivity contribution in [2.45, 2.75) is 37.1 Å². The van der Waals surface area contributed by atoms with E-state index in [0.29, 0.717) is 13.0 Å². The van der Waals surface area contributed by atoms with Crippen LogP contribution in [0.5, 0.6) is 0 Å². The van der Waals surface area contributed by atoms with Gasteiger partial charge in [-0.1, -0.05) is 84.9 Å². The van der Waals surface area contributed by atoms with E-state index in [9.17, 15) is 14.7 Å². The molecule has 0 radical (unpaired) electrons. The van der Waals surface area contributed by atoms with Crippen molar-refractivity contribution in [3.63, 3.8) is 0 Å². The molecular weight excluding hydrogens is 404 g/mol. The molecule has 32 heavy (non-hydrogen) atoms. The minimum absolute atomic E-state index is 0.442. The molecule has 0 amide bonds. The summed E-state index contributed by atoms with van der Waals surface area (Å²) in [5, 5.41) is 13.1. The highest BCUT2D eigenvalue weighted by Gasteiger charge is 2.38. The number of benzene rings is 3. The van der Waals surface area contributed by atoms with E-state index < -0.39 is 36.0 Å². The van der Waals surface area contributed by atoms with Gasteiger partial charge < -0.3 is 20.9 Å². The van der Waals surface area contributed by atoms with Gasteiger partial charge in [0.2, 0.25) is 6.10 Å². The van der Waals surface area contributed by atoms with Crippen molar-refractivity contribution < 1.29 is 19.4 Å². The first-order valence-corrected chi connectivity index (χ1v) is 10.6. The lowest BCUT2D eigenvalue weighted by molar-refractivity contribution is -0.167. The lowest BCUT2D eigenvalue weighted by atomic mass is 9.83. The predicted octanol–water partition coefficient (Wildman–Crippen LogP) is 2.86. The van der Waals surface area contributed by atoms with Crippen molar-refractivity contribution in [1.82, 2.24) is 5.32 Å². The number of carbonyl (C=O) groups excluding carboxylic acids is 1. The summed E-state index contributed by atoms with van der Waals surface area (Å²) >= 11 is 0. The standard InChI is InChI=1S/C26H26N2O4/c27-23(22(17-9-3-1-4-10-17)18-11-5-2-6-12-18)24(25(29)30)32-26(31)21-15-19-13-7-8-14-20(19)16-28-21/h1-14,21-24,28H,15-16,27H2,(H,29,30). The first kappa shape index (κ1) is 21.7. The van der Waals surface area contributed by atoms with E-state index in [1.165, 1.54) is 0 Å². The molecule has 6 heteroatoms. The predicted molar refractivity (Wildman–Crippen MR) is 121 cm³/mol. The molecule has 1 aliphatic rings. The molecule has 3 aromatic rings. The van der Waals surface area contributed by atoms with Crippen LogP contribution >= 0.6 is 0 Å². The Morgan fingerprint density at radius 2 is 1.41 bits per heavy atom. The Hall–Kier alpha value is -3.48. The fourth-order valence-corrected chi connectivity index (χ4v) is 4.25. The van der Waals surface area contributed by atoms with Crippen LogP contribution in [0.1, 0.15) is 28.2 Å². The summed E-state index contributed by atoms with van der Waals surface area (Å²) in [6, 6.07) is 25.1. The maximum atomic E-state index is 12.9. The number of aliphatic carboxylic acids is 1. The number of nitrogens with two attached hydrogens (primary N) is 1.